The van der Waals surface area contributed by atoms with Crippen molar-refractivity contribution >= 4 is 17.6 Å². The van der Waals surface area contributed by atoms with E-state index in [4.69, 9.17) is 14.2 Å². The van der Waals surface area contributed by atoms with Crippen LogP contribution in [0, 0.1) is 0 Å². The highest BCUT2D eigenvalue weighted by molar-refractivity contribution is 5.97. The van der Waals surface area contributed by atoms with E-state index in [2.05, 4.69) is 10.6 Å². The smallest absolute Gasteiger partial charge is 0.315 e. The lowest BCUT2D eigenvalue weighted by atomic mass is 10.2. The summed E-state index contributed by atoms with van der Waals surface area (Å²) in [5, 5.41) is 5.64. The van der Waals surface area contributed by atoms with Gasteiger partial charge >= 0.3 is 6.03 Å². The van der Waals surface area contributed by atoms with Crippen LogP contribution in [0.1, 0.15) is 26.7 Å². The molecule has 3 amide bonds. The van der Waals surface area contributed by atoms with Gasteiger partial charge in [0.05, 0.1) is 26.4 Å². The van der Waals surface area contributed by atoms with Crippen molar-refractivity contribution in [2.24, 2.45) is 0 Å². The Kier molecular flexibility index (Phi) is 7.72. The molecule has 0 radical (unpaired) electrons. The van der Waals surface area contributed by atoms with Crippen molar-refractivity contribution in [2.75, 3.05) is 38.8 Å². The largest absolute Gasteiger partial charge is 0.493 e. The van der Waals surface area contributed by atoms with E-state index in [1.54, 1.807) is 37.3 Å². The minimum atomic E-state index is -0.272. The summed E-state index contributed by atoms with van der Waals surface area (Å²) in [6.45, 7) is 5.49. The highest BCUT2D eigenvalue weighted by atomic mass is 16.5. The van der Waals surface area contributed by atoms with Gasteiger partial charge in [-0.1, -0.05) is 0 Å². The van der Waals surface area contributed by atoms with E-state index >= 15 is 0 Å². The van der Waals surface area contributed by atoms with Gasteiger partial charge in [-0.05, 0) is 32.4 Å². The van der Waals surface area contributed by atoms with E-state index in [9.17, 15) is 9.59 Å². The molecule has 0 spiro atoms. The second kappa shape index (κ2) is 10.0. The van der Waals surface area contributed by atoms with Crippen molar-refractivity contribution < 1.29 is 23.8 Å². The Hall–Kier alpha value is -2.48. The van der Waals surface area contributed by atoms with Crippen molar-refractivity contribution in [3.63, 3.8) is 0 Å². The van der Waals surface area contributed by atoms with Crippen LogP contribution in [-0.2, 0) is 9.53 Å². The van der Waals surface area contributed by atoms with Gasteiger partial charge in [-0.3, -0.25) is 4.79 Å². The van der Waals surface area contributed by atoms with Gasteiger partial charge in [-0.25, -0.2) is 4.79 Å². The van der Waals surface area contributed by atoms with Crippen LogP contribution >= 0.6 is 0 Å². The molecular weight excluding hydrogens is 350 g/mol. The fourth-order valence-electron chi connectivity index (χ4n) is 2.88. The highest BCUT2D eigenvalue weighted by Gasteiger charge is 2.32. The standard InChI is InChI=1S/C19H29N3O5/c1-13(2)27-9-5-8-20-19(24)21-14-10-18(23)22(12-14)15-6-7-16(25-3)17(11-15)26-4/h6-7,11,13-14H,5,8-10,12H2,1-4H3,(H2,20,21,24). The second-order valence-electron chi connectivity index (χ2n) is 6.62. The zero-order chi connectivity index (χ0) is 19.8. The van der Waals surface area contributed by atoms with Crippen LogP contribution in [0.5, 0.6) is 11.5 Å². The lowest BCUT2D eigenvalue weighted by Crippen LogP contribution is -2.43. The zero-order valence-electron chi connectivity index (χ0n) is 16.4. The molecule has 1 saturated heterocycles. The Balaban J connectivity index is 1.83. The van der Waals surface area contributed by atoms with Crippen molar-refractivity contribution in [3.8, 4) is 11.5 Å². The van der Waals surface area contributed by atoms with Gasteiger partial charge in [0.2, 0.25) is 5.91 Å². The molecule has 2 N–H and O–H groups in total. The van der Waals surface area contributed by atoms with Gasteiger partial charge in [0.15, 0.2) is 11.5 Å². The molecular formula is C19H29N3O5. The van der Waals surface area contributed by atoms with Crippen LogP contribution < -0.4 is 25.0 Å². The number of hydrogen-bond acceptors (Lipinski definition) is 5. The fourth-order valence-corrected chi connectivity index (χ4v) is 2.88. The van der Waals surface area contributed by atoms with Gasteiger partial charge in [0, 0.05) is 37.9 Å². The number of anilines is 1. The minimum absolute atomic E-state index is 0.0437. The van der Waals surface area contributed by atoms with Crippen molar-refractivity contribution in [1.82, 2.24) is 10.6 Å². The molecule has 1 aliphatic rings. The summed E-state index contributed by atoms with van der Waals surface area (Å²) in [6, 6.07) is 4.81. The van der Waals surface area contributed by atoms with Crippen LogP contribution in [0.3, 0.4) is 0 Å². The number of carbonyl (C=O) groups excluding carboxylic acids is 2. The zero-order valence-corrected chi connectivity index (χ0v) is 16.4. The Morgan fingerprint density at radius 2 is 2.00 bits per heavy atom. The third kappa shape index (κ3) is 6.02. The third-order valence-corrected chi connectivity index (χ3v) is 4.20. The average molecular weight is 379 g/mol. The normalized spacial score (nSPS) is 16.6. The molecule has 0 aromatic heterocycles. The van der Waals surface area contributed by atoms with E-state index < -0.39 is 0 Å². The first-order valence-corrected chi connectivity index (χ1v) is 9.13. The SMILES string of the molecule is COc1ccc(N2CC(NC(=O)NCCCOC(C)C)CC2=O)cc1OC. The van der Waals surface area contributed by atoms with Crippen molar-refractivity contribution in [3.05, 3.63) is 18.2 Å². The molecule has 27 heavy (non-hydrogen) atoms. The molecule has 2 rings (SSSR count). The monoisotopic (exact) mass is 379 g/mol. The summed E-state index contributed by atoms with van der Waals surface area (Å²) >= 11 is 0. The summed E-state index contributed by atoms with van der Waals surface area (Å²) in [7, 11) is 3.11. The van der Waals surface area contributed by atoms with Crippen LogP contribution in [0.25, 0.3) is 0 Å². The van der Waals surface area contributed by atoms with E-state index in [-0.39, 0.29) is 30.5 Å². The molecule has 1 unspecified atom stereocenters. The predicted molar refractivity (Wildman–Crippen MR) is 103 cm³/mol. The van der Waals surface area contributed by atoms with Crippen LogP contribution in [-0.4, -0.2) is 58.0 Å². The third-order valence-electron chi connectivity index (χ3n) is 4.20. The summed E-state index contributed by atoms with van der Waals surface area (Å²) in [5.74, 6) is 1.11. The number of urea groups is 1. The molecule has 1 fully saturated rings. The van der Waals surface area contributed by atoms with E-state index in [1.807, 2.05) is 13.8 Å². The summed E-state index contributed by atoms with van der Waals surface area (Å²) in [4.78, 5) is 26.0. The Labute approximate surface area is 160 Å². The molecule has 8 heteroatoms. The van der Waals surface area contributed by atoms with Crippen molar-refractivity contribution in [2.45, 2.75) is 38.8 Å². The van der Waals surface area contributed by atoms with Crippen molar-refractivity contribution in [1.29, 1.82) is 0 Å². The summed E-state index contributed by atoms with van der Waals surface area (Å²) in [5.41, 5.74) is 0.716. The van der Waals surface area contributed by atoms with Gasteiger partial charge < -0.3 is 29.7 Å². The number of nitrogens with zero attached hydrogens (tertiary/aromatic N) is 1. The predicted octanol–water partition coefficient (Wildman–Crippen LogP) is 1.92. The Bertz CT molecular complexity index is 650. The van der Waals surface area contributed by atoms with Crippen LogP contribution in [0.15, 0.2) is 18.2 Å². The van der Waals surface area contributed by atoms with E-state index in [1.165, 1.54) is 0 Å². The molecule has 150 valence electrons. The van der Waals surface area contributed by atoms with Gasteiger partial charge in [0.1, 0.15) is 0 Å². The first-order valence-electron chi connectivity index (χ1n) is 9.13. The molecule has 1 aliphatic heterocycles. The number of amides is 3. The van der Waals surface area contributed by atoms with E-state index in [0.717, 1.165) is 6.42 Å². The molecule has 1 aromatic rings. The molecule has 0 aliphatic carbocycles. The number of rotatable bonds is 9. The quantitative estimate of drug-likeness (QED) is 0.640. The number of hydrogen-bond donors (Lipinski definition) is 2. The van der Waals surface area contributed by atoms with Crippen LogP contribution in [0.4, 0.5) is 10.5 Å². The maximum Gasteiger partial charge on any atom is 0.315 e. The summed E-state index contributed by atoms with van der Waals surface area (Å²) < 4.78 is 15.9. The molecule has 0 bridgehead atoms. The minimum Gasteiger partial charge on any atom is -0.493 e. The maximum atomic E-state index is 12.3. The number of ether oxygens (including phenoxy) is 3. The van der Waals surface area contributed by atoms with Gasteiger partial charge in [-0.2, -0.15) is 0 Å². The number of carbonyl (C=O) groups is 2. The number of benzene rings is 1. The molecule has 1 atom stereocenters. The van der Waals surface area contributed by atoms with Crippen LogP contribution in [0.2, 0.25) is 0 Å². The Morgan fingerprint density at radius 3 is 2.67 bits per heavy atom. The fraction of sp³-hybridized carbons (Fsp3) is 0.579. The number of nitrogens with one attached hydrogen (secondary N) is 2. The number of methoxy groups -OCH3 is 2. The molecule has 0 saturated carbocycles. The average Bonchev–Trinajstić information content (AvgIpc) is 3.00. The molecule has 1 heterocycles. The van der Waals surface area contributed by atoms with E-state index in [0.29, 0.717) is 36.9 Å². The summed E-state index contributed by atoms with van der Waals surface area (Å²) in [6.07, 6.45) is 1.19. The molecule has 1 aromatic carbocycles. The maximum absolute atomic E-state index is 12.3. The topological polar surface area (TPSA) is 89.1 Å². The molecule has 8 nitrogen and oxygen atoms in total. The first-order chi connectivity index (χ1) is 12.9. The lowest BCUT2D eigenvalue weighted by Gasteiger charge is -2.19. The van der Waals surface area contributed by atoms with Gasteiger partial charge in [0.25, 0.3) is 0 Å². The van der Waals surface area contributed by atoms with Gasteiger partial charge in [-0.15, -0.1) is 0 Å². The second-order valence-corrected chi connectivity index (χ2v) is 6.62. The Morgan fingerprint density at radius 1 is 1.26 bits per heavy atom. The lowest BCUT2D eigenvalue weighted by molar-refractivity contribution is -0.117. The highest BCUT2D eigenvalue weighted by Crippen LogP contribution is 2.33. The first kappa shape index (κ1) is 20.8.